The number of hydrogen-bond acceptors (Lipinski definition) is 7. The lowest BCUT2D eigenvalue weighted by atomic mass is 9.76. The summed E-state index contributed by atoms with van der Waals surface area (Å²) in [6, 6.07) is 0. The number of hydrogen-bond donors (Lipinski definition) is 2. The van der Waals surface area contributed by atoms with Gasteiger partial charge in [0, 0.05) is 25.4 Å². The molecule has 1 fully saturated rings. The molecule has 0 bridgehead atoms. The summed E-state index contributed by atoms with van der Waals surface area (Å²) in [5.41, 5.74) is -2.56. The largest absolute Gasteiger partial charge is 0.459 e. The molecule has 7 atom stereocenters. The fourth-order valence-corrected chi connectivity index (χ4v) is 3.93. The van der Waals surface area contributed by atoms with Crippen molar-refractivity contribution in [2.75, 3.05) is 7.11 Å². The van der Waals surface area contributed by atoms with Gasteiger partial charge in [-0.25, -0.2) is 0 Å². The Balaban J connectivity index is 3.32. The summed E-state index contributed by atoms with van der Waals surface area (Å²) in [6.07, 6.45) is -1.39. The van der Waals surface area contributed by atoms with Crippen molar-refractivity contribution in [3.63, 3.8) is 0 Å². The molecule has 0 spiro atoms. The number of aliphatic hydroxyl groups is 2. The molecular weight excluding hydrogens is 364 g/mol. The second-order valence-corrected chi connectivity index (χ2v) is 8.64. The molecule has 162 valence electrons. The molecule has 7 heteroatoms. The molecule has 0 aromatic carbocycles. The summed E-state index contributed by atoms with van der Waals surface area (Å²) in [5, 5.41) is 21.7. The summed E-state index contributed by atoms with van der Waals surface area (Å²) in [5.74, 6) is -3.53. The molecule has 3 unspecified atom stereocenters. The number of carbonyl (C=O) groups is 3. The number of Topliss-reactive ketones (excluding diaryl/α,β-unsaturated/α-hetero) is 2. The van der Waals surface area contributed by atoms with E-state index in [1.54, 1.807) is 20.8 Å². The molecule has 2 N–H and O–H groups in total. The van der Waals surface area contributed by atoms with E-state index in [0.29, 0.717) is 12.8 Å². The number of methoxy groups -OCH3 is 1. The van der Waals surface area contributed by atoms with Crippen LogP contribution in [0.1, 0.15) is 67.2 Å². The topological polar surface area (TPSA) is 110 Å². The first kappa shape index (κ1) is 24.7. The Hall–Kier alpha value is -1.31. The molecule has 7 nitrogen and oxygen atoms in total. The maximum absolute atomic E-state index is 12.9. The fourth-order valence-electron chi connectivity index (χ4n) is 3.93. The maximum Gasteiger partial charge on any atom is 0.316 e. The quantitative estimate of drug-likeness (QED) is 0.539. The molecule has 0 saturated carbocycles. The van der Waals surface area contributed by atoms with Gasteiger partial charge < -0.3 is 19.7 Å². The highest BCUT2D eigenvalue weighted by molar-refractivity contribution is 5.98. The van der Waals surface area contributed by atoms with Crippen molar-refractivity contribution in [3.8, 4) is 0 Å². The van der Waals surface area contributed by atoms with Crippen LogP contribution in [0.3, 0.4) is 0 Å². The number of rotatable bonds is 2. The molecule has 1 aliphatic heterocycles. The maximum atomic E-state index is 12.9. The normalized spacial score (nSPS) is 42.0. The average Bonchev–Trinajstić information content (AvgIpc) is 2.66. The van der Waals surface area contributed by atoms with E-state index < -0.39 is 47.1 Å². The summed E-state index contributed by atoms with van der Waals surface area (Å²) < 4.78 is 11.0. The average molecular weight is 401 g/mol. The first-order valence-corrected chi connectivity index (χ1v) is 10.0. The van der Waals surface area contributed by atoms with Gasteiger partial charge in [0.25, 0.3) is 0 Å². The van der Waals surface area contributed by atoms with Gasteiger partial charge in [-0.05, 0) is 40.0 Å². The predicted molar refractivity (Wildman–Crippen MR) is 104 cm³/mol. The summed E-state index contributed by atoms with van der Waals surface area (Å²) >= 11 is 0. The summed E-state index contributed by atoms with van der Waals surface area (Å²) in [6.45, 7) is 9.68. The predicted octanol–water partition coefficient (Wildman–Crippen LogP) is 2.06. The van der Waals surface area contributed by atoms with Crippen molar-refractivity contribution in [3.05, 3.63) is 0 Å². The molecule has 1 saturated heterocycles. The monoisotopic (exact) mass is 400 g/mol. The van der Waals surface area contributed by atoms with Gasteiger partial charge in [-0.15, -0.1) is 0 Å². The minimum absolute atomic E-state index is 0.118. The van der Waals surface area contributed by atoms with E-state index in [-0.39, 0.29) is 24.4 Å². The first-order valence-electron chi connectivity index (χ1n) is 10.0. The smallest absolute Gasteiger partial charge is 0.316 e. The van der Waals surface area contributed by atoms with Crippen LogP contribution in [0.25, 0.3) is 0 Å². The number of cyclic esters (lactones) is 1. The van der Waals surface area contributed by atoms with Crippen molar-refractivity contribution in [2.24, 2.45) is 17.8 Å². The van der Waals surface area contributed by atoms with Crippen molar-refractivity contribution in [1.82, 2.24) is 0 Å². The lowest BCUT2D eigenvalue weighted by molar-refractivity contribution is -0.190. The number of ether oxygens (including phenoxy) is 2. The van der Waals surface area contributed by atoms with Crippen LogP contribution in [-0.4, -0.2) is 58.3 Å². The summed E-state index contributed by atoms with van der Waals surface area (Å²) in [4.78, 5) is 37.8. The second kappa shape index (κ2) is 9.46. The highest BCUT2D eigenvalue weighted by Gasteiger charge is 2.46. The van der Waals surface area contributed by atoms with Gasteiger partial charge >= 0.3 is 5.97 Å². The van der Waals surface area contributed by atoms with E-state index in [9.17, 15) is 24.6 Å². The van der Waals surface area contributed by atoms with Crippen LogP contribution in [0.4, 0.5) is 0 Å². The van der Waals surface area contributed by atoms with Gasteiger partial charge in [0.2, 0.25) is 0 Å². The van der Waals surface area contributed by atoms with Crippen molar-refractivity contribution < 1.29 is 34.1 Å². The third kappa shape index (κ3) is 5.39. The number of esters is 1. The SMILES string of the molecule is CC[C@H]1OC(=O)C(C)C(=O)CC[C@](C)(OC)C[C@@H](C)C(=O)C(C)C(O)[C@]1(C)O. The molecule has 1 aliphatic rings. The number of ketones is 2. The third-order valence-corrected chi connectivity index (χ3v) is 6.26. The zero-order chi connectivity index (χ0) is 21.9. The lowest BCUT2D eigenvalue weighted by Crippen LogP contribution is -2.56. The first-order chi connectivity index (χ1) is 12.8. The van der Waals surface area contributed by atoms with E-state index in [4.69, 9.17) is 9.47 Å². The Kier molecular flexibility index (Phi) is 8.35. The molecule has 0 radical (unpaired) electrons. The highest BCUT2D eigenvalue weighted by Crippen LogP contribution is 2.32. The second-order valence-electron chi connectivity index (χ2n) is 8.64. The Morgan fingerprint density at radius 2 is 1.75 bits per heavy atom. The Bertz CT molecular complexity index is 585. The van der Waals surface area contributed by atoms with Gasteiger partial charge in [-0.2, -0.15) is 0 Å². The lowest BCUT2D eigenvalue weighted by Gasteiger charge is -2.39. The fraction of sp³-hybridized carbons (Fsp3) is 0.857. The van der Waals surface area contributed by atoms with Gasteiger partial charge in [-0.3, -0.25) is 14.4 Å². The zero-order valence-corrected chi connectivity index (χ0v) is 18.2. The van der Waals surface area contributed by atoms with E-state index >= 15 is 0 Å². The van der Waals surface area contributed by atoms with E-state index in [1.165, 1.54) is 21.0 Å². The van der Waals surface area contributed by atoms with Crippen LogP contribution in [0, 0.1) is 17.8 Å². The highest BCUT2D eigenvalue weighted by atomic mass is 16.6. The van der Waals surface area contributed by atoms with E-state index in [0.717, 1.165) is 0 Å². The van der Waals surface area contributed by atoms with Crippen LogP contribution < -0.4 is 0 Å². The van der Waals surface area contributed by atoms with Gasteiger partial charge in [0.15, 0.2) is 0 Å². The molecule has 28 heavy (non-hydrogen) atoms. The molecule has 0 aromatic rings. The van der Waals surface area contributed by atoms with Crippen molar-refractivity contribution in [2.45, 2.75) is 90.6 Å². The van der Waals surface area contributed by atoms with Crippen molar-refractivity contribution in [1.29, 1.82) is 0 Å². The van der Waals surface area contributed by atoms with Crippen LogP contribution in [-0.2, 0) is 23.9 Å². The van der Waals surface area contributed by atoms with Crippen LogP contribution in [0.15, 0.2) is 0 Å². The molecule has 1 heterocycles. The van der Waals surface area contributed by atoms with Gasteiger partial charge in [0.05, 0.1) is 11.7 Å². The van der Waals surface area contributed by atoms with Crippen molar-refractivity contribution >= 4 is 17.5 Å². The molecule has 0 amide bonds. The standard InChI is InChI=1S/C21H36O7/c1-8-16-21(6,26)18(24)14(4)17(23)12(2)11-20(5,27-7)10-9-15(22)13(3)19(25)28-16/h12-14,16,18,24,26H,8-11H2,1-7H3/t12-,13?,14?,16-,18?,20+,21-/m1/s1. The van der Waals surface area contributed by atoms with E-state index in [2.05, 4.69) is 0 Å². The molecule has 0 aliphatic carbocycles. The summed E-state index contributed by atoms with van der Waals surface area (Å²) in [7, 11) is 1.53. The molecule has 1 rings (SSSR count). The van der Waals surface area contributed by atoms with Crippen LogP contribution >= 0.6 is 0 Å². The molecule has 0 aromatic heterocycles. The minimum Gasteiger partial charge on any atom is -0.459 e. The molecular formula is C21H36O7. The Labute approximate surface area is 167 Å². The van der Waals surface area contributed by atoms with Gasteiger partial charge in [0.1, 0.15) is 29.2 Å². The Morgan fingerprint density at radius 3 is 2.25 bits per heavy atom. The minimum atomic E-state index is -1.84. The Morgan fingerprint density at radius 1 is 1.18 bits per heavy atom. The number of carbonyl (C=O) groups excluding carboxylic acids is 3. The van der Waals surface area contributed by atoms with Crippen LogP contribution in [0.5, 0.6) is 0 Å². The van der Waals surface area contributed by atoms with Crippen LogP contribution in [0.2, 0.25) is 0 Å². The third-order valence-electron chi connectivity index (χ3n) is 6.26. The zero-order valence-electron chi connectivity index (χ0n) is 18.2. The van der Waals surface area contributed by atoms with E-state index in [1.807, 2.05) is 6.92 Å². The van der Waals surface area contributed by atoms with Gasteiger partial charge in [-0.1, -0.05) is 20.8 Å². The number of aliphatic hydroxyl groups excluding tert-OH is 1.